The van der Waals surface area contributed by atoms with Crippen molar-refractivity contribution >= 4 is 11.9 Å². The highest BCUT2D eigenvalue weighted by Gasteiger charge is 2.43. The molecule has 5 nitrogen and oxygen atoms in total. The zero-order valence-corrected chi connectivity index (χ0v) is 21.3. The average molecular weight is 448 g/mol. The molecule has 0 saturated heterocycles. The van der Waals surface area contributed by atoms with Gasteiger partial charge < -0.3 is 14.8 Å². The molecule has 2 unspecified atom stereocenters. The van der Waals surface area contributed by atoms with Gasteiger partial charge in [-0.25, -0.2) is 0 Å². The number of unbranched alkanes of at least 4 members (excludes halogenated alkanes) is 2. The molecule has 0 fully saturated rings. The van der Waals surface area contributed by atoms with Gasteiger partial charge in [0, 0.05) is 12.6 Å². The van der Waals surface area contributed by atoms with E-state index in [1.54, 1.807) is 0 Å². The molecule has 32 heavy (non-hydrogen) atoms. The quantitative estimate of drug-likeness (QED) is 0.261. The molecule has 1 N–H and O–H groups in total. The van der Waals surface area contributed by atoms with E-state index in [1.165, 1.54) is 5.56 Å². The molecule has 0 heterocycles. The molecule has 0 aromatic heterocycles. The van der Waals surface area contributed by atoms with E-state index in [4.69, 9.17) is 9.47 Å². The molecule has 0 saturated carbocycles. The molecule has 1 aromatic rings. The summed E-state index contributed by atoms with van der Waals surface area (Å²) in [4.78, 5) is 25.8. The van der Waals surface area contributed by atoms with E-state index in [-0.39, 0.29) is 23.9 Å². The fraction of sp³-hybridized carbons (Fsp3) is 0.704. The fourth-order valence-electron chi connectivity index (χ4n) is 4.09. The summed E-state index contributed by atoms with van der Waals surface area (Å²) in [6, 6.07) is 10.3. The van der Waals surface area contributed by atoms with E-state index in [1.807, 2.05) is 32.0 Å². The van der Waals surface area contributed by atoms with Gasteiger partial charge in [0.2, 0.25) is 0 Å². The molecule has 2 atom stereocenters. The Hall–Kier alpha value is -1.88. The van der Waals surface area contributed by atoms with Gasteiger partial charge in [0.1, 0.15) is 0 Å². The van der Waals surface area contributed by atoms with Gasteiger partial charge in [-0.1, -0.05) is 70.9 Å². The molecule has 0 aliphatic heterocycles. The highest BCUT2D eigenvalue weighted by Crippen LogP contribution is 2.41. The fourth-order valence-corrected chi connectivity index (χ4v) is 4.09. The van der Waals surface area contributed by atoms with Crippen LogP contribution in [0.4, 0.5) is 0 Å². The van der Waals surface area contributed by atoms with Crippen LogP contribution in [0.25, 0.3) is 0 Å². The van der Waals surface area contributed by atoms with Gasteiger partial charge in [-0.05, 0) is 51.0 Å². The number of carbonyl (C=O) groups excluding carboxylic acids is 2. The van der Waals surface area contributed by atoms with Crippen molar-refractivity contribution in [3.63, 3.8) is 0 Å². The van der Waals surface area contributed by atoms with Crippen molar-refractivity contribution in [2.75, 3.05) is 19.8 Å². The third kappa shape index (κ3) is 9.32. The molecule has 0 aliphatic carbocycles. The van der Waals surface area contributed by atoms with Gasteiger partial charge in [-0.3, -0.25) is 9.59 Å². The summed E-state index contributed by atoms with van der Waals surface area (Å²) < 4.78 is 11.1. The summed E-state index contributed by atoms with van der Waals surface area (Å²) in [7, 11) is 0. The highest BCUT2D eigenvalue weighted by molar-refractivity contribution is 5.77. The summed E-state index contributed by atoms with van der Waals surface area (Å²) in [6.07, 6.45) is 4.19. The lowest BCUT2D eigenvalue weighted by atomic mass is 9.68. The van der Waals surface area contributed by atoms with Crippen LogP contribution in [-0.4, -0.2) is 31.7 Å². The number of esters is 2. The maximum absolute atomic E-state index is 13.1. The Morgan fingerprint density at radius 3 is 2.06 bits per heavy atom. The van der Waals surface area contributed by atoms with Gasteiger partial charge in [0.25, 0.3) is 0 Å². The smallest absolute Gasteiger partial charge is 0.311 e. The van der Waals surface area contributed by atoms with Gasteiger partial charge in [-0.2, -0.15) is 0 Å². The van der Waals surface area contributed by atoms with E-state index in [2.05, 4.69) is 52.1 Å². The third-order valence-electron chi connectivity index (χ3n) is 6.08. The third-order valence-corrected chi connectivity index (χ3v) is 6.08. The van der Waals surface area contributed by atoms with Crippen LogP contribution in [0.1, 0.15) is 92.2 Å². The first-order chi connectivity index (χ1) is 15.0. The number of hydrogen-bond donors (Lipinski definition) is 1. The molecule has 0 bridgehead atoms. The van der Waals surface area contributed by atoms with Crippen LogP contribution in [0.2, 0.25) is 0 Å². The summed E-state index contributed by atoms with van der Waals surface area (Å²) in [6.45, 7) is 15.5. The lowest BCUT2D eigenvalue weighted by molar-refractivity contribution is -0.161. The first kappa shape index (κ1) is 28.2. The maximum Gasteiger partial charge on any atom is 0.311 e. The lowest BCUT2D eigenvalue weighted by Gasteiger charge is -2.38. The Kier molecular flexibility index (Phi) is 12.0. The lowest BCUT2D eigenvalue weighted by Crippen LogP contribution is -2.44. The first-order valence-corrected chi connectivity index (χ1v) is 12.2. The largest absolute Gasteiger partial charge is 0.465 e. The van der Waals surface area contributed by atoms with Crippen molar-refractivity contribution in [1.29, 1.82) is 0 Å². The van der Waals surface area contributed by atoms with Crippen molar-refractivity contribution in [3.8, 4) is 0 Å². The van der Waals surface area contributed by atoms with Crippen LogP contribution in [0.5, 0.6) is 0 Å². The summed E-state index contributed by atoms with van der Waals surface area (Å²) in [5.41, 5.74) is 0.0211. The van der Waals surface area contributed by atoms with Gasteiger partial charge in [-0.15, -0.1) is 0 Å². The van der Waals surface area contributed by atoms with Crippen molar-refractivity contribution in [3.05, 3.63) is 35.9 Å². The van der Waals surface area contributed by atoms with Crippen LogP contribution < -0.4 is 5.32 Å². The van der Waals surface area contributed by atoms with Crippen molar-refractivity contribution in [2.24, 2.45) is 16.7 Å². The van der Waals surface area contributed by atoms with Crippen LogP contribution in [0.15, 0.2) is 30.3 Å². The van der Waals surface area contributed by atoms with Crippen molar-refractivity contribution in [1.82, 2.24) is 5.32 Å². The van der Waals surface area contributed by atoms with E-state index < -0.39 is 10.8 Å². The second kappa shape index (κ2) is 13.6. The molecule has 0 radical (unpaired) electrons. The SMILES string of the molecule is CCCCOC(=O)C(CNC(C)c1ccccc1)C(C)(C)CC(C)(C)C(=O)OCCCC. The monoisotopic (exact) mass is 447 g/mol. The molecular formula is C27H45NO4. The molecule has 0 amide bonds. The predicted octanol–water partition coefficient (Wildman–Crippen LogP) is 6.08. The van der Waals surface area contributed by atoms with Gasteiger partial charge in [0.15, 0.2) is 0 Å². The molecule has 0 spiro atoms. The van der Waals surface area contributed by atoms with Crippen molar-refractivity contribution < 1.29 is 19.1 Å². The predicted molar refractivity (Wildman–Crippen MR) is 130 cm³/mol. The summed E-state index contributed by atoms with van der Waals surface area (Å²) in [5.74, 6) is -0.790. The number of nitrogens with one attached hydrogen (secondary N) is 1. The van der Waals surface area contributed by atoms with E-state index in [9.17, 15) is 9.59 Å². The van der Waals surface area contributed by atoms with Crippen LogP contribution in [-0.2, 0) is 19.1 Å². The second-order valence-corrected chi connectivity index (χ2v) is 10.2. The average Bonchev–Trinajstić information content (AvgIpc) is 2.73. The summed E-state index contributed by atoms with van der Waals surface area (Å²) in [5, 5.41) is 3.52. The molecule has 1 aromatic carbocycles. The van der Waals surface area contributed by atoms with Gasteiger partial charge in [0.05, 0.1) is 24.5 Å². The number of carbonyl (C=O) groups is 2. The second-order valence-electron chi connectivity index (χ2n) is 10.2. The molecule has 182 valence electrons. The van der Waals surface area contributed by atoms with E-state index >= 15 is 0 Å². The highest BCUT2D eigenvalue weighted by atomic mass is 16.5. The first-order valence-electron chi connectivity index (χ1n) is 12.2. The van der Waals surface area contributed by atoms with Crippen LogP contribution in [0.3, 0.4) is 0 Å². The van der Waals surface area contributed by atoms with E-state index in [0.29, 0.717) is 26.2 Å². The van der Waals surface area contributed by atoms with Gasteiger partial charge >= 0.3 is 11.9 Å². The van der Waals surface area contributed by atoms with Crippen LogP contribution >= 0.6 is 0 Å². The molecular weight excluding hydrogens is 402 g/mol. The minimum Gasteiger partial charge on any atom is -0.465 e. The number of benzene rings is 1. The minimum atomic E-state index is -0.690. The Morgan fingerprint density at radius 2 is 1.50 bits per heavy atom. The Morgan fingerprint density at radius 1 is 0.938 bits per heavy atom. The molecule has 5 heteroatoms. The molecule has 1 rings (SSSR count). The number of hydrogen-bond acceptors (Lipinski definition) is 5. The zero-order chi connectivity index (χ0) is 24.2. The maximum atomic E-state index is 13.1. The number of ether oxygens (including phenoxy) is 2. The van der Waals surface area contributed by atoms with Crippen LogP contribution in [0, 0.1) is 16.7 Å². The summed E-state index contributed by atoms with van der Waals surface area (Å²) >= 11 is 0. The normalized spacial score (nSPS) is 14.0. The number of rotatable bonds is 15. The standard InChI is InChI=1S/C27H45NO4/c1-8-10-17-31-24(29)23(19-28-21(3)22-15-13-12-14-16-22)26(4,5)20-27(6,7)25(30)32-18-11-9-2/h12-16,21,23,28H,8-11,17-20H2,1-7H3. The Bertz CT molecular complexity index is 684. The molecule has 0 aliphatic rings. The zero-order valence-electron chi connectivity index (χ0n) is 21.3. The van der Waals surface area contributed by atoms with Crippen molar-refractivity contribution in [2.45, 2.75) is 86.6 Å². The minimum absolute atomic E-state index is 0.102. The van der Waals surface area contributed by atoms with E-state index in [0.717, 1.165) is 25.7 Å². The topological polar surface area (TPSA) is 64.6 Å². The Balaban J connectivity index is 2.94. The Labute approximate surface area is 195 Å².